The van der Waals surface area contributed by atoms with E-state index in [0.717, 1.165) is 23.9 Å². The Morgan fingerprint density at radius 3 is 2.14 bits per heavy atom. The first kappa shape index (κ1) is 10.4. The molecule has 4 unspecified atom stereocenters. The average molecular weight is 196 g/mol. The second kappa shape index (κ2) is 4.19. The van der Waals surface area contributed by atoms with Gasteiger partial charge in [-0.3, -0.25) is 4.90 Å². The number of likely N-dealkylation sites (tertiary alicyclic amines) is 1. The van der Waals surface area contributed by atoms with E-state index in [4.69, 9.17) is 0 Å². The Kier molecular flexibility index (Phi) is 3.13. The monoisotopic (exact) mass is 196 g/mol. The van der Waals surface area contributed by atoms with Crippen molar-refractivity contribution >= 4 is 0 Å². The van der Waals surface area contributed by atoms with E-state index in [-0.39, 0.29) is 0 Å². The molecule has 2 heteroatoms. The van der Waals surface area contributed by atoms with E-state index < -0.39 is 0 Å². The van der Waals surface area contributed by atoms with E-state index in [2.05, 4.69) is 31.0 Å². The molecule has 4 atom stereocenters. The Hall–Kier alpha value is -0.0800. The molecule has 0 aliphatic carbocycles. The van der Waals surface area contributed by atoms with Gasteiger partial charge in [0.05, 0.1) is 0 Å². The van der Waals surface area contributed by atoms with Gasteiger partial charge in [-0.25, -0.2) is 0 Å². The van der Waals surface area contributed by atoms with Gasteiger partial charge in [-0.15, -0.1) is 0 Å². The van der Waals surface area contributed by atoms with Gasteiger partial charge >= 0.3 is 0 Å². The zero-order valence-corrected chi connectivity index (χ0v) is 9.79. The van der Waals surface area contributed by atoms with Crippen LogP contribution in [0.25, 0.3) is 0 Å². The largest absolute Gasteiger partial charge is 0.313 e. The Bertz CT molecular complexity index is 175. The number of rotatable bonds is 1. The predicted octanol–water partition coefficient (Wildman–Crippen LogP) is 1.71. The van der Waals surface area contributed by atoms with E-state index >= 15 is 0 Å². The summed E-state index contributed by atoms with van der Waals surface area (Å²) < 4.78 is 0. The van der Waals surface area contributed by atoms with Crippen LogP contribution in [0, 0.1) is 11.8 Å². The van der Waals surface area contributed by atoms with Crippen molar-refractivity contribution in [3.8, 4) is 0 Å². The molecule has 0 radical (unpaired) electrons. The lowest BCUT2D eigenvalue weighted by atomic mass is 10.0. The fourth-order valence-corrected chi connectivity index (χ4v) is 2.77. The molecule has 0 spiro atoms. The van der Waals surface area contributed by atoms with Gasteiger partial charge in [0.1, 0.15) is 0 Å². The van der Waals surface area contributed by atoms with Crippen LogP contribution in [0.15, 0.2) is 0 Å². The number of nitrogens with zero attached hydrogens (tertiary/aromatic N) is 1. The average Bonchev–Trinajstić information content (AvgIpc) is 2.48. The highest BCUT2D eigenvalue weighted by Gasteiger charge is 2.32. The molecule has 2 saturated heterocycles. The molecule has 0 amide bonds. The molecule has 2 aliphatic heterocycles. The molecule has 2 heterocycles. The van der Waals surface area contributed by atoms with Gasteiger partial charge in [-0.2, -0.15) is 0 Å². The maximum Gasteiger partial charge on any atom is 0.0221 e. The zero-order chi connectivity index (χ0) is 10.1. The predicted molar refractivity (Wildman–Crippen MR) is 60.4 cm³/mol. The van der Waals surface area contributed by atoms with E-state index in [1.807, 2.05) is 0 Å². The molecular formula is C12H24N2. The van der Waals surface area contributed by atoms with Crippen LogP contribution in [0.1, 0.15) is 33.6 Å². The van der Waals surface area contributed by atoms with Crippen molar-refractivity contribution in [2.75, 3.05) is 19.6 Å². The van der Waals surface area contributed by atoms with E-state index in [1.54, 1.807) is 0 Å². The highest BCUT2D eigenvalue weighted by molar-refractivity contribution is 4.88. The summed E-state index contributed by atoms with van der Waals surface area (Å²) >= 11 is 0. The Labute approximate surface area is 88.1 Å². The van der Waals surface area contributed by atoms with E-state index in [9.17, 15) is 0 Å². The highest BCUT2D eigenvalue weighted by atomic mass is 15.2. The molecule has 0 aromatic carbocycles. The van der Waals surface area contributed by atoms with Crippen LogP contribution in [-0.4, -0.2) is 36.6 Å². The quantitative estimate of drug-likeness (QED) is 0.687. The molecule has 2 fully saturated rings. The SMILES string of the molecule is CC1CCC(N2CC(C)C(C)C2)CN1. The van der Waals surface area contributed by atoms with Gasteiger partial charge < -0.3 is 5.32 Å². The first-order valence-electron chi connectivity index (χ1n) is 6.14. The van der Waals surface area contributed by atoms with Crippen molar-refractivity contribution in [2.24, 2.45) is 11.8 Å². The Morgan fingerprint density at radius 1 is 1.00 bits per heavy atom. The van der Waals surface area contributed by atoms with Gasteiger partial charge in [0.15, 0.2) is 0 Å². The molecule has 1 N–H and O–H groups in total. The third kappa shape index (κ3) is 2.12. The summed E-state index contributed by atoms with van der Waals surface area (Å²) in [5.74, 6) is 1.80. The van der Waals surface area contributed by atoms with Crippen LogP contribution >= 0.6 is 0 Å². The smallest absolute Gasteiger partial charge is 0.0221 e. The minimum atomic E-state index is 0.740. The van der Waals surface area contributed by atoms with Crippen molar-refractivity contribution in [2.45, 2.75) is 45.7 Å². The third-order valence-electron chi connectivity index (χ3n) is 4.17. The maximum absolute atomic E-state index is 3.60. The zero-order valence-electron chi connectivity index (χ0n) is 9.79. The minimum Gasteiger partial charge on any atom is -0.313 e. The summed E-state index contributed by atoms with van der Waals surface area (Å²) in [6.07, 6.45) is 2.75. The lowest BCUT2D eigenvalue weighted by molar-refractivity contribution is 0.180. The summed E-state index contributed by atoms with van der Waals surface area (Å²) in [6, 6.07) is 1.56. The van der Waals surface area contributed by atoms with Crippen LogP contribution < -0.4 is 5.32 Å². The van der Waals surface area contributed by atoms with Crippen LogP contribution in [0.4, 0.5) is 0 Å². The van der Waals surface area contributed by atoms with Crippen molar-refractivity contribution in [1.82, 2.24) is 10.2 Å². The number of nitrogens with one attached hydrogen (secondary N) is 1. The second-order valence-corrected chi connectivity index (χ2v) is 5.45. The summed E-state index contributed by atoms with van der Waals surface area (Å²) in [5, 5.41) is 3.60. The molecular weight excluding hydrogens is 172 g/mol. The van der Waals surface area contributed by atoms with Gasteiger partial charge in [0.2, 0.25) is 0 Å². The molecule has 0 aromatic rings. The molecule has 0 saturated carbocycles. The van der Waals surface area contributed by atoms with Crippen LogP contribution in [0.5, 0.6) is 0 Å². The topological polar surface area (TPSA) is 15.3 Å². The van der Waals surface area contributed by atoms with Gasteiger partial charge in [0.25, 0.3) is 0 Å². The van der Waals surface area contributed by atoms with Crippen molar-refractivity contribution in [3.63, 3.8) is 0 Å². The highest BCUT2D eigenvalue weighted by Crippen LogP contribution is 2.26. The maximum atomic E-state index is 3.60. The second-order valence-electron chi connectivity index (χ2n) is 5.45. The molecule has 82 valence electrons. The van der Waals surface area contributed by atoms with E-state index in [0.29, 0.717) is 0 Å². The molecule has 2 aliphatic rings. The lowest BCUT2D eigenvalue weighted by Crippen LogP contribution is -2.48. The summed E-state index contributed by atoms with van der Waals surface area (Å²) in [6.45, 7) is 10.9. The number of piperidine rings is 1. The Morgan fingerprint density at radius 2 is 1.64 bits per heavy atom. The van der Waals surface area contributed by atoms with Crippen LogP contribution in [0.2, 0.25) is 0 Å². The molecule has 0 bridgehead atoms. The lowest BCUT2D eigenvalue weighted by Gasteiger charge is -2.34. The van der Waals surface area contributed by atoms with Gasteiger partial charge in [0, 0.05) is 31.7 Å². The molecule has 2 rings (SSSR count). The third-order valence-corrected chi connectivity index (χ3v) is 4.17. The van der Waals surface area contributed by atoms with Gasteiger partial charge in [-0.1, -0.05) is 13.8 Å². The number of hydrogen-bond donors (Lipinski definition) is 1. The summed E-state index contributed by atoms with van der Waals surface area (Å²) in [4.78, 5) is 2.70. The van der Waals surface area contributed by atoms with Crippen molar-refractivity contribution in [1.29, 1.82) is 0 Å². The fraction of sp³-hybridized carbons (Fsp3) is 1.00. The normalized spacial score (nSPS) is 45.6. The minimum absolute atomic E-state index is 0.740. The molecule has 0 aromatic heterocycles. The van der Waals surface area contributed by atoms with Crippen LogP contribution in [-0.2, 0) is 0 Å². The Balaban J connectivity index is 1.85. The summed E-state index contributed by atoms with van der Waals surface area (Å²) in [7, 11) is 0. The van der Waals surface area contributed by atoms with Crippen LogP contribution in [0.3, 0.4) is 0 Å². The molecule has 2 nitrogen and oxygen atoms in total. The van der Waals surface area contributed by atoms with Crippen molar-refractivity contribution < 1.29 is 0 Å². The first-order valence-corrected chi connectivity index (χ1v) is 6.14. The van der Waals surface area contributed by atoms with Gasteiger partial charge in [-0.05, 0) is 31.6 Å². The molecule has 14 heavy (non-hydrogen) atoms. The van der Waals surface area contributed by atoms with E-state index in [1.165, 1.54) is 32.5 Å². The van der Waals surface area contributed by atoms with Crippen molar-refractivity contribution in [3.05, 3.63) is 0 Å². The first-order chi connectivity index (χ1) is 6.66. The standard InChI is InChI=1S/C12H24N2/c1-9-7-14(8-10(9)2)12-5-4-11(3)13-6-12/h9-13H,4-8H2,1-3H3. The summed E-state index contributed by atoms with van der Waals surface area (Å²) in [5.41, 5.74) is 0. The fourth-order valence-electron chi connectivity index (χ4n) is 2.77. The number of hydrogen-bond acceptors (Lipinski definition) is 2.